The van der Waals surface area contributed by atoms with Gasteiger partial charge in [-0.15, -0.1) is 0 Å². The van der Waals surface area contributed by atoms with Crippen molar-refractivity contribution in [1.82, 2.24) is 9.97 Å². The van der Waals surface area contributed by atoms with Crippen LogP contribution in [0.25, 0.3) is 11.3 Å². The van der Waals surface area contributed by atoms with Gasteiger partial charge in [0, 0.05) is 24.3 Å². The SMILES string of the molecule is CCCN1CCCc2cc(-c3nc(SC)[nH]c(=O)c3C#N)ccc21. The van der Waals surface area contributed by atoms with Gasteiger partial charge in [-0.25, -0.2) is 4.98 Å². The number of nitrogens with one attached hydrogen (secondary N) is 1. The largest absolute Gasteiger partial charge is 0.371 e. The van der Waals surface area contributed by atoms with Gasteiger partial charge in [0.1, 0.15) is 11.6 Å². The Morgan fingerprint density at radius 1 is 1.46 bits per heavy atom. The molecule has 0 saturated heterocycles. The third-order valence-corrected chi connectivity index (χ3v) is 4.84. The van der Waals surface area contributed by atoms with E-state index < -0.39 is 0 Å². The van der Waals surface area contributed by atoms with E-state index in [0.29, 0.717) is 10.9 Å². The Morgan fingerprint density at radius 2 is 2.29 bits per heavy atom. The van der Waals surface area contributed by atoms with Gasteiger partial charge in [-0.05, 0) is 43.2 Å². The van der Waals surface area contributed by atoms with Crippen molar-refractivity contribution in [1.29, 1.82) is 5.26 Å². The summed E-state index contributed by atoms with van der Waals surface area (Å²) >= 11 is 1.36. The molecule has 2 aromatic rings. The van der Waals surface area contributed by atoms with Crippen LogP contribution in [-0.4, -0.2) is 29.3 Å². The first-order valence-corrected chi connectivity index (χ1v) is 9.37. The van der Waals surface area contributed by atoms with E-state index in [2.05, 4.69) is 33.9 Å². The van der Waals surface area contributed by atoms with Crippen molar-refractivity contribution in [3.63, 3.8) is 0 Å². The van der Waals surface area contributed by atoms with Crippen molar-refractivity contribution in [2.45, 2.75) is 31.3 Å². The summed E-state index contributed by atoms with van der Waals surface area (Å²) in [5.74, 6) is 0. The highest BCUT2D eigenvalue weighted by Crippen LogP contribution is 2.32. The molecule has 124 valence electrons. The Morgan fingerprint density at radius 3 is 3.00 bits per heavy atom. The Bertz CT molecular complexity index is 853. The average Bonchev–Trinajstić information content (AvgIpc) is 2.61. The molecule has 0 spiro atoms. The molecule has 0 radical (unpaired) electrons. The molecule has 0 bridgehead atoms. The average molecular weight is 340 g/mol. The first kappa shape index (κ1) is 16.6. The first-order chi connectivity index (χ1) is 11.7. The highest BCUT2D eigenvalue weighted by Gasteiger charge is 2.19. The summed E-state index contributed by atoms with van der Waals surface area (Å²) in [4.78, 5) is 21.6. The number of aryl methyl sites for hydroxylation is 1. The second-order valence-electron chi connectivity index (χ2n) is 5.84. The van der Waals surface area contributed by atoms with Gasteiger partial charge in [0.05, 0.1) is 5.69 Å². The minimum atomic E-state index is -0.378. The standard InChI is InChI=1S/C18H20N4OS/c1-3-8-22-9-4-5-12-10-13(6-7-15(12)22)16-14(11-19)17(23)21-18(20-16)24-2/h6-7,10H,3-5,8-9H2,1-2H3,(H,20,21,23). The topological polar surface area (TPSA) is 72.8 Å². The van der Waals surface area contributed by atoms with E-state index in [4.69, 9.17) is 0 Å². The fourth-order valence-electron chi connectivity index (χ4n) is 3.19. The summed E-state index contributed by atoms with van der Waals surface area (Å²) in [6.45, 7) is 4.32. The molecule has 0 atom stereocenters. The number of anilines is 1. The molecular formula is C18H20N4OS. The summed E-state index contributed by atoms with van der Waals surface area (Å²) in [7, 11) is 0. The van der Waals surface area contributed by atoms with E-state index in [1.165, 1.54) is 23.0 Å². The molecule has 0 fully saturated rings. The number of nitriles is 1. The summed E-state index contributed by atoms with van der Waals surface area (Å²) in [5, 5.41) is 9.88. The molecule has 5 nitrogen and oxygen atoms in total. The van der Waals surface area contributed by atoms with E-state index in [1.807, 2.05) is 18.4 Å². The number of fused-ring (bicyclic) bond motifs is 1. The van der Waals surface area contributed by atoms with Crippen molar-refractivity contribution in [2.75, 3.05) is 24.2 Å². The first-order valence-electron chi connectivity index (χ1n) is 8.14. The van der Waals surface area contributed by atoms with E-state index in [0.717, 1.165) is 37.9 Å². The Hall–Kier alpha value is -2.26. The lowest BCUT2D eigenvalue weighted by Gasteiger charge is -2.31. The highest BCUT2D eigenvalue weighted by atomic mass is 32.2. The fourth-order valence-corrected chi connectivity index (χ4v) is 3.56. The van der Waals surface area contributed by atoms with E-state index in [9.17, 15) is 10.1 Å². The van der Waals surface area contributed by atoms with Crippen LogP contribution < -0.4 is 10.5 Å². The zero-order chi connectivity index (χ0) is 17.1. The van der Waals surface area contributed by atoms with E-state index in [1.54, 1.807) is 0 Å². The Labute approximate surface area is 145 Å². The Kier molecular flexibility index (Phi) is 4.91. The highest BCUT2D eigenvalue weighted by molar-refractivity contribution is 7.98. The second-order valence-corrected chi connectivity index (χ2v) is 6.64. The molecule has 1 aliphatic heterocycles. The summed E-state index contributed by atoms with van der Waals surface area (Å²) < 4.78 is 0. The van der Waals surface area contributed by atoms with Gasteiger partial charge in [0.2, 0.25) is 0 Å². The molecule has 1 aromatic heterocycles. The lowest BCUT2D eigenvalue weighted by Crippen LogP contribution is -2.29. The van der Waals surface area contributed by atoms with Gasteiger partial charge in [-0.1, -0.05) is 24.8 Å². The minimum absolute atomic E-state index is 0.0778. The van der Waals surface area contributed by atoms with Gasteiger partial charge < -0.3 is 9.88 Å². The lowest BCUT2D eigenvalue weighted by atomic mass is 9.97. The molecule has 1 aromatic carbocycles. The second kappa shape index (κ2) is 7.10. The third kappa shape index (κ3) is 3.04. The van der Waals surface area contributed by atoms with Gasteiger partial charge in [0.15, 0.2) is 5.16 Å². The van der Waals surface area contributed by atoms with Crippen LogP contribution in [0.1, 0.15) is 30.9 Å². The van der Waals surface area contributed by atoms with Crippen LogP contribution in [0.2, 0.25) is 0 Å². The minimum Gasteiger partial charge on any atom is -0.371 e. The molecule has 1 aliphatic rings. The molecular weight excluding hydrogens is 320 g/mol. The molecule has 2 heterocycles. The number of benzene rings is 1. The summed E-state index contributed by atoms with van der Waals surface area (Å²) in [5.41, 5.74) is 3.54. The van der Waals surface area contributed by atoms with Crippen molar-refractivity contribution in [3.8, 4) is 17.3 Å². The number of nitrogens with zero attached hydrogens (tertiary/aromatic N) is 3. The summed E-state index contributed by atoms with van der Waals surface area (Å²) in [6, 6.07) is 8.16. The third-order valence-electron chi connectivity index (χ3n) is 4.26. The number of hydrogen-bond acceptors (Lipinski definition) is 5. The zero-order valence-electron chi connectivity index (χ0n) is 13.9. The maximum Gasteiger partial charge on any atom is 0.270 e. The predicted molar refractivity (Wildman–Crippen MR) is 97.6 cm³/mol. The smallest absolute Gasteiger partial charge is 0.270 e. The number of hydrogen-bond donors (Lipinski definition) is 1. The molecule has 1 N–H and O–H groups in total. The predicted octanol–water partition coefficient (Wildman–Crippen LogP) is 3.19. The lowest BCUT2D eigenvalue weighted by molar-refractivity contribution is 0.681. The van der Waals surface area contributed by atoms with Crippen LogP contribution in [0.4, 0.5) is 5.69 Å². The van der Waals surface area contributed by atoms with E-state index >= 15 is 0 Å². The van der Waals surface area contributed by atoms with Crippen LogP contribution in [-0.2, 0) is 6.42 Å². The number of rotatable bonds is 4. The summed E-state index contributed by atoms with van der Waals surface area (Å²) in [6.07, 6.45) is 5.11. The monoisotopic (exact) mass is 340 g/mol. The Balaban J connectivity index is 2.10. The van der Waals surface area contributed by atoms with Crippen LogP contribution in [0.3, 0.4) is 0 Å². The van der Waals surface area contributed by atoms with Crippen LogP contribution in [0.5, 0.6) is 0 Å². The van der Waals surface area contributed by atoms with E-state index in [-0.39, 0.29) is 11.1 Å². The number of thioether (sulfide) groups is 1. The van der Waals surface area contributed by atoms with Crippen LogP contribution in [0.15, 0.2) is 28.2 Å². The van der Waals surface area contributed by atoms with Gasteiger partial charge in [-0.3, -0.25) is 4.79 Å². The molecule has 0 amide bonds. The molecule has 6 heteroatoms. The van der Waals surface area contributed by atoms with Crippen molar-refractivity contribution >= 4 is 17.4 Å². The van der Waals surface area contributed by atoms with Crippen molar-refractivity contribution < 1.29 is 0 Å². The number of aromatic nitrogens is 2. The quantitative estimate of drug-likeness (QED) is 0.683. The maximum absolute atomic E-state index is 12.1. The van der Waals surface area contributed by atoms with Crippen LogP contribution >= 0.6 is 11.8 Å². The van der Waals surface area contributed by atoms with Crippen molar-refractivity contribution in [2.24, 2.45) is 0 Å². The molecule has 0 aliphatic carbocycles. The maximum atomic E-state index is 12.1. The van der Waals surface area contributed by atoms with Crippen LogP contribution in [0, 0.1) is 11.3 Å². The molecule has 3 rings (SSSR count). The van der Waals surface area contributed by atoms with Gasteiger partial charge in [0.25, 0.3) is 5.56 Å². The van der Waals surface area contributed by atoms with Gasteiger partial charge in [-0.2, -0.15) is 5.26 Å². The fraction of sp³-hybridized carbons (Fsp3) is 0.389. The van der Waals surface area contributed by atoms with Gasteiger partial charge >= 0.3 is 0 Å². The normalized spacial score (nSPS) is 13.5. The zero-order valence-corrected chi connectivity index (χ0v) is 14.7. The molecule has 0 saturated carbocycles. The molecule has 24 heavy (non-hydrogen) atoms. The number of H-pyrrole nitrogens is 1. The molecule has 0 unspecified atom stereocenters. The number of aromatic amines is 1. The van der Waals surface area contributed by atoms with Crippen molar-refractivity contribution in [3.05, 3.63) is 39.7 Å².